The van der Waals surface area contributed by atoms with Gasteiger partial charge in [0, 0.05) is 67.8 Å². The lowest BCUT2D eigenvalue weighted by molar-refractivity contribution is -0.0418. The fourth-order valence-corrected chi connectivity index (χ4v) is 18.7. The molecule has 4 heterocycles. The van der Waals surface area contributed by atoms with Crippen molar-refractivity contribution in [1.29, 1.82) is 0 Å². The van der Waals surface area contributed by atoms with Crippen LogP contribution in [0.25, 0.3) is 88.5 Å². The molecule has 14 aromatic rings. The molecule has 0 spiro atoms. The number of anilines is 4. The van der Waals surface area contributed by atoms with Crippen molar-refractivity contribution in [2.45, 2.75) is 96.8 Å². The molecule has 0 saturated heterocycles. The Hall–Kier alpha value is -10.4. The monoisotopic (exact) mass is 1260 g/mol. The molecule has 0 radical (unpaired) electrons. The Balaban J connectivity index is 0.777. The summed E-state index contributed by atoms with van der Waals surface area (Å²) in [6, 6.07) is 97.5. The third-order valence-electron chi connectivity index (χ3n) is 22.8. The van der Waals surface area contributed by atoms with E-state index in [-0.39, 0.29) is 17.3 Å². The van der Waals surface area contributed by atoms with Crippen LogP contribution in [0.1, 0.15) is 119 Å². The van der Waals surface area contributed by atoms with Crippen LogP contribution >= 0.6 is 0 Å². The van der Waals surface area contributed by atoms with Gasteiger partial charge in [-0.3, -0.25) is 4.57 Å². The fraction of sp³-hybridized carbons (Fsp3) is 0.220. The summed E-state index contributed by atoms with van der Waals surface area (Å²) in [5.74, 6) is 6.14. The van der Waals surface area contributed by atoms with Gasteiger partial charge in [-0.15, -0.1) is 0 Å². The highest BCUT2D eigenvalue weighted by atomic mass is 16.5. The highest BCUT2D eigenvalue weighted by Gasteiger charge is 2.58. The third-order valence-corrected chi connectivity index (χ3v) is 22.8. The molecule has 0 N–H and O–H groups in total. The van der Waals surface area contributed by atoms with E-state index in [4.69, 9.17) is 9.72 Å². The predicted molar refractivity (Wildman–Crippen MR) is 404 cm³/mol. The summed E-state index contributed by atoms with van der Waals surface area (Å²) < 4.78 is 12.4. The minimum absolute atomic E-state index is 0.150. The molecule has 97 heavy (non-hydrogen) atoms. The van der Waals surface area contributed by atoms with Gasteiger partial charge in [0.25, 0.3) is 0 Å². The second-order valence-corrected chi connectivity index (χ2v) is 29.3. The van der Waals surface area contributed by atoms with Gasteiger partial charge in [0.15, 0.2) is 0 Å². The molecule has 476 valence electrons. The first-order valence-corrected chi connectivity index (χ1v) is 35.5. The number of hydrogen-bond acceptors (Lipinski definition) is 4. The van der Waals surface area contributed by atoms with Crippen molar-refractivity contribution in [3.05, 3.63) is 295 Å². The number of ether oxygens (including phenoxy) is 1. The van der Waals surface area contributed by atoms with Crippen LogP contribution in [0.3, 0.4) is 0 Å². The quantitative estimate of drug-likeness (QED) is 0.109. The number of aromatic nitrogens is 3. The molecule has 4 fully saturated rings. The standard InChI is InChI=1S/C91H81N5O/c1-57(2)64-51-80(58(3)4)89(81(52-64)59(5)6)65-49-71(93-56-94(86-35-20-19-34-85(86)93)90-74(62-22-9-7-10-23-62)29-21-30-75(90)63-24-11-8-12-25-63)54-73(50-65)97-72-40-41-79-78-28-15-18-33-84(78)96(87(79)55-72)88-53-67(42-43-92-88)91(68-45-60-44-61(47-68)48-69(91)46-60)66-36-38-70(39-37-66)95-82-31-16-13-26-76(82)77-27-14-17-32-83(77)95/h7-43,49-55,57-61,68-69H,44-48,56H2,1-6H3. The Kier molecular flexibility index (Phi) is 14.3. The van der Waals surface area contributed by atoms with E-state index < -0.39 is 0 Å². The van der Waals surface area contributed by atoms with Gasteiger partial charge in [-0.1, -0.05) is 211 Å². The maximum atomic E-state index is 7.52. The molecule has 6 heteroatoms. The van der Waals surface area contributed by atoms with Crippen molar-refractivity contribution in [2.24, 2.45) is 23.7 Å². The summed E-state index contributed by atoms with van der Waals surface area (Å²) in [5, 5.41) is 4.94. The normalized spacial score (nSPS) is 18.9. The van der Waals surface area contributed by atoms with E-state index >= 15 is 0 Å². The first-order valence-electron chi connectivity index (χ1n) is 35.5. The van der Waals surface area contributed by atoms with Gasteiger partial charge < -0.3 is 19.1 Å². The number of pyridine rings is 1. The first-order chi connectivity index (χ1) is 47.5. The topological polar surface area (TPSA) is 38.5 Å². The van der Waals surface area contributed by atoms with E-state index in [2.05, 4.69) is 328 Å². The maximum Gasteiger partial charge on any atom is 0.137 e. The van der Waals surface area contributed by atoms with Crippen LogP contribution in [0, 0.1) is 23.7 Å². The van der Waals surface area contributed by atoms with Crippen LogP contribution in [0.15, 0.2) is 267 Å². The van der Waals surface area contributed by atoms with Gasteiger partial charge in [-0.25, -0.2) is 4.98 Å². The zero-order valence-electron chi connectivity index (χ0n) is 56.3. The Labute approximate surface area is 570 Å². The highest BCUT2D eigenvalue weighted by molar-refractivity contribution is 6.10. The lowest BCUT2D eigenvalue weighted by atomic mass is 9.42. The summed E-state index contributed by atoms with van der Waals surface area (Å²) in [5.41, 5.74) is 24.4. The van der Waals surface area contributed by atoms with Gasteiger partial charge in [0.1, 0.15) is 24.0 Å². The number of rotatable bonds is 14. The molecule has 0 unspecified atom stereocenters. The summed E-state index contributed by atoms with van der Waals surface area (Å²) in [6.07, 6.45) is 8.61. The largest absolute Gasteiger partial charge is 0.457 e. The molecule has 4 aliphatic carbocycles. The second-order valence-electron chi connectivity index (χ2n) is 29.3. The van der Waals surface area contributed by atoms with Crippen LogP contribution < -0.4 is 14.5 Å². The molecule has 3 aromatic heterocycles. The molecule has 1 aliphatic heterocycles. The Morgan fingerprint density at radius 2 is 0.928 bits per heavy atom. The molecule has 5 aliphatic rings. The average molecular weight is 1260 g/mol. The van der Waals surface area contributed by atoms with Crippen molar-refractivity contribution in [1.82, 2.24) is 14.1 Å². The van der Waals surface area contributed by atoms with Gasteiger partial charge in [-0.2, -0.15) is 0 Å². The van der Waals surface area contributed by atoms with Gasteiger partial charge in [0.2, 0.25) is 0 Å². The van der Waals surface area contributed by atoms with Gasteiger partial charge in [0.05, 0.1) is 39.1 Å². The summed E-state index contributed by atoms with van der Waals surface area (Å²) >= 11 is 0. The van der Waals surface area contributed by atoms with Crippen LogP contribution in [-0.2, 0) is 5.41 Å². The van der Waals surface area contributed by atoms with E-state index in [0.717, 1.165) is 62.8 Å². The number of hydrogen-bond donors (Lipinski definition) is 0. The van der Waals surface area contributed by atoms with Gasteiger partial charge >= 0.3 is 0 Å². The van der Waals surface area contributed by atoms with E-state index in [0.29, 0.717) is 24.4 Å². The molecule has 19 rings (SSSR count). The van der Waals surface area contributed by atoms with E-state index in [1.807, 2.05) is 0 Å². The van der Waals surface area contributed by atoms with E-state index in [9.17, 15) is 0 Å². The summed E-state index contributed by atoms with van der Waals surface area (Å²) in [6.45, 7) is 14.6. The smallest absolute Gasteiger partial charge is 0.137 e. The molecular weight excluding hydrogens is 1180 g/mol. The molecular formula is C91H81N5O. The van der Waals surface area contributed by atoms with Crippen LogP contribution in [0.5, 0.6) is 11.5 Å². The molecule has 4 bridgehead atoms. The third kappa shape index (κ3) is 9.67. The number of para-hydroxylation sites is 6. The molecule has 11 aromatic carbocycles. The summed E-state index contributed by atoms with van der Waals surface area (Å²) in [7, 11) is 0. The Morgan fingerprint density at radius 1 is 0.392 bits per heavy atom. The number of nitrogens with zero attached hydrogens (tertiary/aromatic N) is 5. The maximum absolute atomic E-state index is 7.52. The van der Waals surface area contributed by atoms with E-state index in [1.54, 1.807) is 0 Å². The van der Waals surface area contributed by atoms with Crippen molar-refractivity contribution >= 4 is 66.4 Å². The fourth-order valence-electron chi connectivity index (χ4n) is 18.7. The average Bonchev–Trinajstić information content (AvgIpc) is 1.39. The highest BCUT2D eigenvalue weighted by Crippen LogP contribution is 2.65. The number of benzene rings is 11. The first kappa shape index (κ1) is 59.1. The van der Waals surface area contributed by atoms with Crippen LogP contribution in [0.2, 0.25) is 0 Å². The van der Waals surface area contributed by atoms with Crippen molar-refractivity contribution in [3.8, 4) is 56.4 Å². The van der Waals surface area contributed by atoms with Crippen molar-refractivity contribution < 1.29 is 4.74 Å². The molecule has 0 atom stereocenters. The number of fused-ring (bicyclic) bond motifs is 7. The molecule has 6 nitrogen and oxygen atoms in total. The van der Waals surface area contributed by atoms with Crippen molar-refractivity contribution in [3.63, 3.8) is 0 Å². The second kappa shape index (κ2) is 23.4. The molecule has 0 amide bonds. The molecule has 4 saturated carbocycles. The van der Waals surface area contributed by atoms with Gasteiger partial charge in [-0.05, 0) is 202 Å². The van der Waals surface area contributed by atoms with Crippen LogP contribution in [-0.4, -0.2) is 20.8 Å². The lowest BCUT2D eigenvalue weighted by Crippen LogP contribution is -2.56. The zero-order valence-corrected chi connectivity index (χ0v) is 56.3. The predicted octanol–water partition coefficient (Wildman–Crippen LogP) is 24.4. The SMILES string of the molecule is CC(C)c1cc(C(C)C)c(-c2cc(Oc3ccc4c5ccccc5n(-c5cc(C6(c7ccc(-n8c9ccccc9c9ccccc98)cc7)C7CC8CC(C7)CC6C8)ccn5)c4c3)cc(N3CN(c4c(-c5ccccc5)cccc4-c4ccccc4)c4ccccc43)c2)c(C(C)C)c1. The summed E-state index contributed by atoms with van der Waals surface area (Å²) in [4.78, 5) is 10.4. The minimum Gasteiger partial charge on any atom is -0.457 e. The lowest BCUT2D eigenvalue weighted by Gasteiger charge is -2.62. The minimum atomic E-state index is -0.150. The van der Waals surface area contributed by atoms with Crippen LogP contribution in [0.4, 0.5) is 22.7 Å². The Morgan fingerprint density at radius 3 is 1.51 bits per heavy atom. The zero-order chi connectivity index (χ0) is 65.2. The van der Waals surface area contributed by atoms with Crippen molar-refractivity contribution in [2.75, 3.05) is 16.5 Å². The van der Waals surface area contributed by atoms with E-state index in [1.165, 1.54) is 132 Å². The Bertz CT molecular complexity index is 5200.